The molecular formula is C13H15BrN2O2. The van der Waals surface area contributed by atoms with Crippen molar-refractivity contribution < 1.29 is 9.59 Å². The van der Waals surface area contributed by atoms with Gasteiger partial charge in [-0.2, -0.15) is 0 Å². The first-order chi connectivity index (χ1) is 8.56. The van der Waals surface area contributed by atoms with Crippen LogP contribution in [0.1, 0.15) is 18.4 Å². The van der Waals surface area contributed by atoms with Gasteiger partial charge in [0.05, 0.1) is 0 Å². The predicted molar refractivity (Wildman–Crippen MR) is 71.8 cm³/mol. The number of nitrogens with one attached hydrogen (secondary N) is 1. The molecule has 1 aliphatic rings. The maximum absolute atomic E-state index is 12.1. The number of benzene rings is 1. The molecule has 1 aromatic carbocycles. The molecule has 1 aromatic rings. The van der Waals surface area contributed by atoms with Gasteiger partial charge < -0.3 is 10.2 Å². The Balaban J connectivity index is 1.97. The third kappa shape index (κ3) is 3.10. The number of carbonyl (C=O) groups is 2. The third-order valence-corrected chi connectivity index (χ3v) is 3.47. The Morgan fingerprint density at radius 2 is 2.33 bits per heavy atom. The van der Waals surface area contributed by atoms with Crippen LogP contribution >= 0.6 is 15.9 Å². The number of hydrogen-bond donors (Lipinski definition) is 1. The first-order valence-corrected chi connectivity index (χ1v) is 6.64. The minimum absolute atomic E-state index is 0.0270. The molecule has 18 heavy (non-hydrogen) atoms. The Bertz CT molecular complexity index is 476. The fourth-order valence-electron chi connectivity index (χ4n) is 2.05. The van der Waals surface area contributed by atoms with Crippen molar-refractivity contribution >= 4 is 27.7 Å². The number of nitrogens with zero attached hydrogens (tertiary/aromatic N) is 1. The monoisotopic (exact) mass is 310 g/mol. The Morgan fingerprint density at radius 3 is 2.94 bits per heavy atom. The zero-order valence-electron chi connectivity index (χ0n) is 10.1. The topological polar surface area (TPSA) is 49.4 Å². The van der Waals surface area contributed by atoms with E-state index in [1.54, 1.807) is 11.9 Å². The van der Waals surface area contributed by atoms with Crippen molar-refractivity contribution in [3.05, 3.63) is 34.3 Å². The minimum atomic E-state index is -0.352. The quantitative estimate of drug-likeness (QED) is 0.923. The molecule has 96 valence electrons. The summed E-state index contributed by atoms with van der Waals surface area (Å²) >= 11 is 3.40. The molecule has 1 heterocycles. The molecule has 2 rings (SSSR count). The van der Waals surface area contributed by atoms with Crippen molar-refractivity contribution in [2.75, 3.05) is 7.05 Å². The molecule has 1 aliphatic heterocycles. The van der Waals surface area contributed by atoms with E-state index in [4.69, 9.17) is 0 Å². The van der Waals surface area contributed by atoms with Crippen LogP contribution in [0.25, 0.3) is 0 Å². The van der Waals surface area contributed by atoms with E-state index in [2.05, 4.69) is 21.2 Å². The van der Waals surface area contributed by atoms with Crippen LogP contribution in [0, 0.1) is 0 Å². The smallest absolute Gasteiger partial charge is 0.245 e. The van der Waals surface area contributed by atoms with E-state index >= 15 is 0 Å². The summed E-state index contributed by atoms with van der Waals surface area (Å²) < 4.78 is 0.995. The van der Waals surface area contributed by atoms with Gasteiger partial charge in [0, 0.05) is 24.5 Å². The molecule has 0 saturated carbocycles. The summed E-state index contributed by atoms with van der Waals surface area (Å²) in [4.78, 5) is 24.8. The summed E-state index contributed by atoms with van der Waals surface area (Å²) in [6.07, 6.45) is 1.04. The second kappa shape index (κ2) is 5.52. The zero-order valence-corrected chi connectivity index (χ0v) is 11.7. The van der Waals surface area contributed by atoms with Crippen LogP contribution in [-0.2, 0) is 16.1 Å². The van der Waals surface area contributed by atoms with Crippen molar-refractivity contribution in [3.63, 3.8) is 0 Å². The average Bonchev–Trinajstić information content (AvgIpc) is 2.75. The van der Waals surface area contributed by atoms with Crippen LogP contribution in [0.2, 0.25) is 0 Å². The van der Waals surface area contributed by atoms with E-state index < -0.39 is 0 Å². The van der Waals surface area contributed by atoms with Crippen molar-refractivity contribution in [1.82, 2.24) is 10.2 Å². The molecule has 2 amide bonds. The number of amides is 2. The van der Waals surface area contributed by atoms with Gasteiger partial charge in [0.2, 0.25) is 11.8 Å². The minimum Gasteiger partial charge on any atom is -0.344 e. The summed E-state index contributed by atoms with van der Waals surface area (Å²) in [6, 6.07) is 7.49. The van der Waals surface area contributed by atoms with Crippen molar-refractivity contribution in [3.8, 4) is 0 Å². The summed E-state index contributed by atoms with van der Waals surface area (Å²) in [5.41, 5.74) is 1.06. The Kier molecular flexibility index (Phi) is 4.01. The SMILES string of the molecule is CN(Cc1cccc(Br)c1)C(=O)C1CCC(=O)N1. The second-order valence-electron chi connectivity index (χ2n) is 4.48. The zero-order chi connectivity index (χ0) is 13.1. The van der Waals surface area contributed by atoms with Crippen molar-refractivity contribution in [1.29, 1.82) is 0 Å². The van der Waals surface area contributed by atoms with Crippen LogP contribution in [0.3, 0.4) is 0 Å². The van der Waals surface area contributed by atoms with Gasteiger partial charge >= 0.3 is 0 Å². The van der Waals surface area contributed by atoms with Crippen LogP contribution in [0.5, 0.6) is 0 Å². The van der Waals surface area contributed by atoms with Gasteiger partial charge in [-0.3, -0.25) is 9.59 Å². The lowest BCUT2D eigenvalue weighted by Crippen LogP contribution is -2.42. The number of hydrogen-bond acceptors (Lipinski definition) is 2. The molecule has 0 spiro atoms. The van der Waals surface area contributed by atoms with E-state index in [1.807, 2.05) is 24.3 Å². The van der Waals surface area contributed by atoms with Crippen molar-refractivity contribution in [2.45, 2.75) is 25.4 Å². The highest BCUT2D eigenvalue weighted by atomic mass is 79.9. The molecule has 1 atom stereocenters. The fourth-order valence-corrected chi connectivity index (χ4v) is 2.50. The van der Waals surface area contributed by atoms with Gasteiger partial charge in [0.1, 0.15) is 6.04 Å². The number of carbonyl (C=O) groups excluding carboxylic acids is 2. The molecule has 5 heteroatoms. The molecule has 0 aliphatic carbocycles. The lowest BCUT2D eigenvalue weighted by atomic mass is 10.1. The third-order valence-electron chi connectivity index (χ3n) is 2.98. The molecule has 1 unspecified atom stereocenters. The Labute approximate surface area is 114 Å². The maximum Gasteiger partial charge on any atom is 0.245 e. The molecule has 4 nitrogen and oxygen atoms in total. The van der Waals surface area contributed by atoms with Gasteiger partial charge in [0.15, 0.2) is 0 Å². The highest BCUT2D eigenvalue weighted by Gasteiger charge is 2.29. The second-order valence-corrected chi connectivity index (χ2v) is 5.40. The van der Waals surface area contributed by atoms with E-state index in [1.165, 1.54) is 0 Å². The molecule has 0 radical (unpaired) electrons. The summed E-state index contributed by atoms with van der Waals surface area (Å²) in [6.45, 7) is 0.546. The standard InChI is InChI=1S/C13H15BrN2O2/c1-16(8-9-3-2-4-10(14)7-9)13(18)11-5-6-12(17)15-11/h2-4,7,11H,5-6,8H2,1H3,(H,15,17). The van der Waals surface area contributed by atoms with Crippen molar-refractivity contribution in [2.24, 2.45) is 0 Å². The van der Waals surface area contributed by atoms with Crippen LogP contribution < -0.4 is 5.32 Å². The van der Waals surface area contributed by atoms with E-state index in [-0.39, 0.29) is 17.9 Å². The number of rotatable bonds is 3. The van der Waals surface area contributed by atoms with Gasteiger partial charge in [-0.15, -0.1) is 0 Å². The predicted octanol–water partition coefficient (Wildman–Crippen LogP) is 1.69. The van der Waals surface area contributed by atoms with Gasteiger partial charge in [-0.05, 0) is 24.1 Å². The average molecular weight is 311 g/mol. The normalized spacial score (nSPS) is 18.6. The van der Waals surface area contributed by atoms with Gasteiger partial charge in [-0.1, -0.05) is 28.1 Å². The molecule has 0 aromatic heterocycles. The Morgan fingerprint density at radius 1 is 1.56 bits per heavy atom. The fraction of sp³-hybridized carbons (Fsp3) is 0.385. The summed E-state index contributed by atoms with van der Waals surface area (Å²) in [5, 5.41) is 2.69. The van der Waals surface area contributed by atoms with Crippen LogP contribution in [0.4, 0.5) is 0 Å². The van der Waals surface area contributed by atoms with Gasteiger partial charge in [0.25, 0.3) is 0 Å². The lowest BCUT2D eigenvalue weighted by Gasteiger charge is -2.21. The van der Waals surface area contributed by atoms with E-state index in [0.717, 1.165) is 10.0 Å². The van der Waals surface area contributed by atoms with Crippen LogP contribution in [0.15, 0.2) is 28.7 Å². The molecule has 1 saturated heterocycles. The molecule has 1 N–H and O–H groups in total. The van der Waals surface area contributed by atoms with E-state index in [0.29, 0.717) is 19.4 Å². The lowest BCUT2D eigenvalue weighted by molar-refractivity contribution is -0.133. The van der Waals surface area contributed by atoms with Gasteiger partial charge in [-0.25, -0.2) is 0 Å². The largest absolute Gasteiger partial charge is 0.344 e. The summed E-state index contributed by atoms with van der Waals surface area (Å²) in [5.74, 6) is -0.0648. The Hall–Kier alpha value is -1.36. The highest BCUT2D eigenvalue weighted by Crippen LogP contribution is 2.15. The first-order valence-electron chi connectivity index (χ1n) is 5.85. The van der Waals surface area contributed by atoms with E-state index in [9.17, 15) is 9.59 Å². The highest BCUT2D eigenvalue weighted by molar-refractivity contribution is 9.10. The number of halogens is 1. The molecule has 0 bridgehead atoms. The molecular weight excluding hydrogens is 296 g/mol. The molecule has 1 fully saturated rings. The number of likely N-dealkylation sites (N-methyl/N-ethyl adjacent to an activating group) is 1. The first kappa shape index (κ1) is 13.1. The summed E-state index contributed by atoms with van der Waals surface area (Å²) in [7, 11) is 1.76. The van der Waals surface area contributed by atoms with Crippen LogP contribution in [-0.4, -0.2) is 29.8 Å². The maximum atomic E-state index is 12.1.